The van der Waals surface area contributed by atoms with Crippen LogP contribution in [0, 0.1) is 17.0 Å². The molecule has 0 aliphatic heterocycles. The van der Waals surface area contributed by atoms with Gasteiger partial charge in [0.2, 0.25) is 0 Å². The van der Waals surface area contributed by atoms with Crippen LogP contribution in [0.1, 0.15) is 15.9 Å². The highest BCUT2D eigenvalue weighted by Gasteiger charge is 2.11. The molecule has 22 heavy (non-hydrogen) atoms. The topological polar surface area (TPSA) is 84.3 Å². The van der Waals surface area contributed by atoms with Gasteiger partial charge in [-0.1, -0.05) is 24.3 Å². The number of non-ortho nitro benzene ring substituents is 1. The molecule has 0 saturated heterocycles. The fourth-order valence-corrected chi connectivity index (χ4v) is 2.07. The summed E-state index contributed by atoms with van der Waals surface area (Å²) in [4.78, 5) is 22.3. The maximum Gasteiger partial charge on any atom is 0.271 e. The average molecular weight is 315 g/mol. The van der Waals surface area contributed by atoms with E-state index >= 15 is 0 Å². The quantitative estimate of drug-likeness (QED) is 0.517. The zero-order chi connectivity index (χ0) is 16.1. The van der Waals surface area contributed by atoms with E-state index in [0.717, 1.165) is 5.56 Å². The van der Waals surface area contributed by atoms with Crippen molar-refractivity contribution in [1.82, 2.24) is 5.32 Å². The van der Waals surface area contributed by atoms with Crippen LogP contribution >= 0.6 is 12.2 Å². The summed E-state index contributed by atoms with van der Waals surface area (Å²) in [7, 11) is 0. The van der Waals surface area contributed by atoms with Gasteiger partial charge in [-0.3, -0.25) is 20.2 Å². The Hall–Kier alpha value is -2.80. The standard InChI is InChI=1S/C15H13N3O3S/c1-10-5-2-3-8-13(10)14(19)17-15(22)16-11-6-4-7-12(9-11)18(20)21/h2-9H,1H3,(H2,16,17,19,22). The van der Waals surface area contributed by atoms with Gasteiger partial charge in [-0.05, 0) is 36.8 Å². The lowest BCUT2D eigenvalue weighted by Crippen LogP contribution is -2.34. The number of thiocarbonyl (C=S) groups is 1. The van der Waals surface area contributed by atoms with Crippen LogP contribution in [0.2, 0.25) is 0 Å². The predicted molar refractivity (Wildman–Crippen MR) is 88.0 cm³/mol. The molecule has 6 nitrogen and oxygen atoms in total. The van der Waals surface area contributed by atoms with Crippen molar-refractivity contribution in [3.63, 3.8) is 0 Å². The van der Waals surface area contributed by atoms with Crippen LogP contribution in [0.5, 0.6) is 0 Å². The molecule has 0 spiro atoms. The highest BCUT2D eigenvalue weighted by Crippen LogP contribution is 2.17. The van der Waals surface area contributed by atoms with Gasteiger partial charge in [-0.2, -0.15) is 0 Å². The molecule has 0 aromatic heterocycles. The Balaban J connectivity index is 2.04. The number of benzene rings is 2. The second-order valence-electron chi connectivity index (χ2n) is 4.53. The largest absolute Gasteiger partial charge is 0.332 e. The number of hydrogen-bond acceptors (Lipinski definition) is 4. The monoisotopic (exact) mass is 315 g/mol. The molecule has 0 heterocycles. The second-order valence-corrected chi connectivity index (χ2v) is 4.94. The number of amides is 1. The number of nitro benzene ring substituents is 1. The highest BCUT2D eigenvalue weighted by molar-refractivity contribution is 7.80. The van der Waals surface area contributed by atoms with Crippen molar-refractivity contribution in [2.75, 3.05) is 5.32 Å². The molecule has 112 valence electrons. The van der Waals surface area contributed by atoms with Gasteiger partial charge in [0, 0.05) is 23.4 Å². The second kappa shape index (κ2) is 6.77. The van der Waals surface area contributed by atoms with Crippen LogP contribution in [-0.4, -0.2) is 15.9 Å². The number of nitrogens with zero attached hydrogens (tertiary/aromatic N) is 1. The van der Waals surface area contributed by atoms with Gasteiger partial charge < -0.3 is 5.32 Å². The number of aryl methyl sites for hydroxylation is 1. The molecule has 0 radical (unpaired) electrons. The smallest absolute Gasteiger partial charge is 0.271 e. The third kappa shape index (κ3) is 3.86. The fraction of sp³-hybridized carbons (Fsp3) is 0.0667. The maximum atomic E-state index is 12.1. The fourth-order valence-electron chi connectivity index (χ4n) is 1.86. The minimum absolute atomic E-state index is 0.0574. The molecule has 1 amide bonds. The van der Waals surface area contributed by atoms with Crippen molar-refractivity contribution >= 4 is 34.6 Å². The molecular formula is C15H13N3O3S. The SMILES string of the molecule is Cc1ccccc1C(=O)NC(=S)Nc1cccc([N+](=O)[O-])c1. The summed E-state index contributed by atoms with van der Waals surface area (Å²) in [6.07, 6.45) is 0. The van der Waals surface area contributed by atoms with E-state index in [2.05, 4.69) is 10.6 Å². The third-order valence-electron chi connectivity index (χ3n) is 2.93. The Kier molecular flexibility index (Phi) is 4.80. The van der Waals surface area contributed by atoms with Crippen LogP contribution in [0.4, 0.5) is 11.4 Å². The molecule has 2 rings (SSSR count). The van der Waals surface area contributed by atoms with Crippen molar-refractivity contribution in [2.24, 2.45) is 0 Å². The van der Waals surface area contributed by atoms with Crippen molar-refractivity contribution in [3.05, 3.63) is 69.8 Å². The molecule has 2 aromatic rings. The summed E-state index contributed by atoms with van der Waals surface area (Å²) in [5.41, 5.74) is 1.73. The number of rotatable bonds is 3. The van der Waals surface area contributed by atoms with E-state index in [0.29, 0.717) is 11.3 Å². The van der Waals surface area contributed by atoms with Gasteiger partial charge in [-0.15, -0.1) is 0 Å². The van der Waals surface area contributed by atoms with Crippen LogP contribution in [0.3, 0.4) is 0 Å². The van der Waals surface area contributed by atoms with E-state index in [1.807, 2.05) is 19.1 Å². The first-order valence-corrected chi connectivity index (χ1v) is 6.80. The molecule has 0 aliphatic carbocycles. The minimum atomic E-state index is -0.500. The van der Waals surface area contributed by atoms with Crippen molar-refractivity contribution in [3.8, 4) is 0 Å². The molecule has 7 heteroatoms. The summed E-state index contributed by atoms with van der Waals surface area (Å²) < 4.78 is 0. The summed E-state index contributed by atoms with van der Waals surface area (Å²) in [5.74, 6) is -0.332. The van der Waals surface area contributed by atoms with Gasteiger partial charge in [-0.25, -0.2) is 0 Å². The zero-order valence-corrected chi connectivity index (χ0v) is 12.5. The first kappa shape index (κ1) is 15.6. The number of nitro groups is 1. The Bertz CT molecular complexity index is 746. The number of anilines is 1. The normalized spacial score (nSPS) is 9.86. The lowest BCUT2D eigenvalue weighted by atomic mass is 10.1. The van der Waals surface area contributed by atoms with Crippen molar-refractivity contribution in [2.45, 2.75) is 6.92 Å². The molecule has 0 bridgehead atoms. The van der Waals surface area contributed by atoms with Gasteiger partial charge in [0.15, 0.2) is 5.11 Å². The molecule has 0 aliphatic rings. The Morgan fingerprint density at radius 2 is 1.91 bits per heavy atom. The van der Waals surface area contributed by atoms with Gasteiger partial charge in [0.25, 0.3) is 11.6 Å². The van der Waals surface area contributed by atoms with E-state index in [1.54, 1.807) is 18.2 Å². The Labute approximate surface area is 132 Å². The van der Waals surface area contributed by atoms with Gasteiger partial charge in [0.1, 0.15) is 0 Å². The first-order valence-electron chi connectivity index (χ1n) is 6.40. The maximum absolute atomic E-state index is 12.1. The summed E-state index contributed by atoms with van der Waals surface area (Å²) in [6, 6.07) is 13.0. The van der Waals surface area contributed by atoms with Crippen molar-refractivity contribution < 1.29 is 9.72 Å². The van der Waals surface area contributed by atoms with Crippen LogP contribution in [-0.2, 0) is 0 Å². The summed E-state index contributed by atoms with van der Waals surface area (Å²) >= 11 is 5.05. The average Bonchev–Trinajstić information content (AvgIpc) is 2.47. The van der Waals surface area contributed by atoms with Crippen LogP contribution < -0.4 is 10.6 Å². The number of hydrogen-bond donors (Lipinski definition) is 2. The molecule has 0 unspecified atom stereocenters. The lowest BCUT2D eigenvalue weighted by Gasteiger charge is -2.10. The number of carbonyl (C=O) groups excluding carboxylic acids is 1. The van der Waals surface area contributed by atoms with Crippen molar-refractivity contribution in [1.29, 1.82) is 0 Å². The summed E-state index contributed by atoms with van der Waals surface area (Å²) in [5, 5.41) is 16.1. The summed E-state index contributed by atoms with van der Waals surface area (Å²) in [6.45, 7) is 1.83. The molecule has 2 aromatic carbocycles. The van der Waals surface area contributed by atoms with E-state index in [9.17, 15) is 14.9 Å². The van der Waals surface area contributed by atoms with E-state index in [-0.39, 0.29) is 16.7 Å². The molecule has 0 atom stereocenters. The first-order chi connectivity index (χ1) is 10.5. The number of carbonyl (C=O) groups is 1. The van der Waals surface area contributed by atoms with Crippen LogP contribution in [0.15, 0.2) is 48.5 Å². The molecule has 2 N–H and O–H groups in total. The number of nitrogens with one attached hydrogen (secondary N) is 2. The van der Waals surface area contributed by atoms with E-state index < -0.39 is 4.92 Å². The zero-order valence-electron chi connectivity index (χ0n) is 11.7. The molecule has 0 fully saturated rings. The minimum Gasteiger partial charge on any atom is -0.332 e. The Morgan fingerprint density at radius 1 is 1.18 bits per heavy atom. The third-order valence-corrected chi connectivity index (χ3v) is 3.14. The van der Waals surface area contributed by atoms with Crippen LogP contribution in [0.25, 0.3) is 0 Å². The molecule has 0 saturated carbocycles. The van der Waals surface area contributed by atoms with Gasteiger partial charge in [0.05, 0.1) is 4.92 Å². The van der Waals surface area contributed by atoms with Gasteiger partial charge >= 0.3 is 0 Å². The Morgan fingerprint density at radius 3 is 2.59 bits per heavy atom. The highest BCUT2D eigenvalue weighted by atomic mass is 32.1. The predicted octanol–water partition coefficient (Wildman–Crippen LogP) is 3.03. The lowest BCUT2D eigenvalue weighted by molar-refractivity contribution is -0.384. The molecular weight excluding hydrogens is 302 g/mol. The van der Waals surface area contributed by atoms with E-state index in [4.69, 9.17) is 12.2 Å². The van der Waals surface area contributed by atoms with E-state index in [1.165, 1.54) is 18.2 Å².